The molecule has 0 radical (unpaired) electrons. The molecular weight excluding hydrogens is 308 g/mol. The first-order chi connectivity index (χ1) is 10.1. The van der Waals surface area contributed by atoms with E-state index in [9.17, 15) is 9.59 Å². The molecular formula is C14H18N2O3S2. The standard InChI is InChI=1S/C14H18N2O3S2/c17-13(18)11-3-1-2-10(6-11)7-15-14(19)16-8-12-9-20-4-5-21-12/h1-3,6,12H,4-5,7-9H2,(H,17,18)(H2,15,16,19). The second-order valence-electron chi connectivity index (χ2n) is 4.64. The molecule has 5 nitrogen and oxygen atoms in total. The summed E-state index contributed by atoms with van der Waals surface area (Å²) < 4.78 is 0. The first-order valence-corrected chi connectivity index (χ1v) is 8.89. The maximum absolute atomic E-state index is 11.7. The number of carbonyl (C=O) groups excluding carboxylic acids is 1. The SMILES string of the molecule is O=C(NCc1cccc(C(=O)O)c1)NCC1CSCCS1. The van der Waals surface area contributed by atoms with Crippen LogP contribution >= 0.6 is 23.5 Å². The highest BCUT2D eigenvalue weighted by molar-refractivity contribution is 8.06. The molecule has 7 heteroatoms. The van der Waals surface area contributed by atoms with Gasteiger partial charge in [-0.15, -0.1) is 0 Å². The topological polar surface area (TPSA) is 78.4 Å². The lowest BCUT2D eigenvalue weighted by Gasteiger charge is -2.21. The monoisotopic (exact) mass is 326 g/mol. The summed E-state index contributed by atoms with van der Waals surface area (Å²) in [5.74, 6) is 2.44. The Morgan fingerprint density at radius 2 is 2.14 bits per heavy atom. The Kier molecular flexibility index (Phi) is 6.25. The number of thioether (sulfide) groups is 2. The summed E-state index contributed by atoms with van der Waals surface area (Å²) in [6.07, 6.45) is 0. The predicted octanol–water partition coefficient (Wildman–Crippen LogP) is 2.03. The Labute approximate surface area is 132 Å². The number of amides is 2. The predicted molar refractivity (Wildman–Crippen MR) is 87.2 cm³/mol. The van der Waals surface area contributed by atoms with Crippen LogP contribution in [-0.2, 0) is 6.54 Å². The summed E-state index contributed by atoms with van der Waals surface area (Å²) in [6, 6.07) is 6.35. The van der Waals surface area contributed by atoms with E-state index in [-0.39, 0.29) is 11.6 Å². The fraction of sp³-hybridized carbons (Fsp3) is 0.429. The van der Waals surface area contributed by atoms with Crippen LogP contribution in [0.4, 0.5) is 4.79 Å². The van der Waals surface area contributed by atoms with Crippen LogP contribution < -0.4 is 10.6 Å². The Bertz CT molecular complexity index is 505. The average molecular weight is 326 g/mol. The minimum absolute atomic E-state index is 0.216. The van der Waals surface area contributed by atoms with Crippen LogP contribution in [-0.4, -0.2) is 46.2 Å². The van der Waals surface area contributed by atoms with E-state index in [4.69, 9.17) is 5.11 Å². The summed E-state index contributed by atoms with van der Waals surface area (Å²) >= 11 is 3.82. The molecule has 3 N–H and O–H groups in total. The number of carboxylic acids is 1. The maximum Gasteiger partial charge on any atom is 0.335 e. The molecule has 1 unspecified atom stereocenters. The lowest BCUT2D eigenvalue weighted by molar-refractivity contribution is 0.0696. The molecule has 1 heterocycles. The van der Waals surface area contributed by atoms with E-state index in [1.165, 1.54) is 11.8 Å². The highest BCUT2D eigenvalue weighted by Gasteiger charge is 2.14. The van der Waals surface area contributed by atoms with Crippen LogP contribution in [0.15, 0.2) is 24.3 Å². The summed E-state index contributed by atoms with van der Waals surface area (Å²) in [5.41, 5.74) is 0.998. The third-order valence-corrected chi connectivity index (χ3v) is 5.85. The van der Waals surface area contributed by atoms with Gasteiger partial charge in [-0.05, 0) is 17.7 Å². The van der Waals surface area contributed by atoms with Crippen LogP contribution in [0.1, 0.15) is 15.9 Å². The molecule has 0 aromatic heterocycles. The fourth-order valence-corrected chi connectivity index (χ4v) is 4.53. The van der Waals surface area contributed by atoms with E-state index < -0.39 is 5.97 Å². The molecule has 2 amide bonds. The van der Waals surface area contributed by atoms with Crippen molar-refractivity contribution in [3.8, 4) is 0 Å². The molecule has 1 aromatic carbocycles. The Morgan fingerprint density at radius 3 is 2.86 bits per heavy atom. The van der Waals surface area contributed by atoms with Gasteiger partial charge in [0.1, 0.15) is 0 Å². The van der Waals surface area contributed by atoms with E-state index in [2.05, 4.69) is 10.6 Å². The van der Waals surface area contributed by atoms with Crippen LogP contribution in [0, 0.1) is 0 Å². The molecule has 114 valence electrons. The van der Waals surface area contributed by atoms with Crippen molar-refractivity contribution in [3.63, 3.8) is 0 Å². The van der Waals surface area contributed by atoms with Crippen molar-refractivity contribution in [1.29, 1.82) is 0 Å². The van der Waals surface area contributed by atoms with Crippen LogP contribution in [0.3, 0.4) is 0 Å². The van der Waals surface area contributed by atoms with Gasteiger partial charge < -0.3 is 15.7 Å². The summed E-state index contributed by atoms with van der Waals surface area (Å²) in [5, 5.41) is 15.0. The summed E-state index contributed by atoms with van der Waals surface area (Å²) in [6.45, 7) is 0.984. The Balaban J connectivity index is 1.73. The van der Waals surface area contributed by atoms with E-state index in [1.54, 1.807) is 18.2 Å². The lowest BCUT2D eigenvalue weighted by atomic mass is 10.1. The van der Waals surface area contributed by atoms with Gasteiger partial charge in [0.05, 0.1) is 5.56 Å². The van der Waals surface area contributed by atoms with Crippen molar-refractivity contribution in [2.75, 3.05) is 23.8 Å². The largest absolute Gasteiger partial charge is 0.478 e. The van der Waals surface area contributed by atoms with Crippen LogP contribution in [0.25, 0.3) is 0 Å². The van der Waals surface area contributed by atoms with Crippen LogP contribution in [0.2, 0.25) is 0 Å². The lowest BCUT2D eigenvalue weighted by Crippen LogP contribution is -2.40. The first-order valence-electron chi connectivity index (χ1n) is 6.68. The van der Waals surface area contributed by atoms with Gasteiger partial charge in [0, 0.05) is 35.6 Å². The maximum atomic E-state index is 11.7. The van der Waals surface area contributed by atoms with Crippen molar-refractivity contribution in [1.82, 2.24) is 10.6 Å². The zero-order valence-corrected chi connectivity index (χ0v) is 13.1. The van der Waals surface area contributed by atoms with E-state index in [1.807, 2.05) is 23.5 Å². The van der Waals surface area contributed by atoms with Gasteiger partial charge in [-0.2, -0.15) is 23.5 Å². The van der Waals surface area contributed by atoms with Gasteiger partial charge in [-0.1, -0.05) is 12.1 Å². The molecule has 1 atom stereocenters. The summed E-state index contributed by atoms with van der Waals surface area (Å²) in [7, 11) is 0. The number of nitrogens with one attached hydrogen (secondary N) is 2. The molecule has 21 heavy (non-hydrogen) atoms. The minimum Gasteiger partial charge on any atom is -0.478 e. The number of hydrogen-bond donors (Lipinski definition) is 3. The third-order valence-electron chi connectivity index (χ3n) is 3.00. The highest BCUT2D eigenvalue weighted by Crippen LogP contribution is 2.23. The molecule has 0 aliphatic carbocycles. The van der Waals surface area contributed by atoms with Crippen molar-refractivity contribution >= 4 is 35.5 Å². The molecule has 0 bridgehead atoms. The zero-order chi connectivity index (χ0) is 15.1. The van der Waals surface area contributed by atoms with Gasteiger partial charge in [0.15, 0.2) is 0 Å². The second kappa shape index (κ2) is 8.19. The van der Waals surface area contributed by atoms with Gasteiger partial charge in [0.25, 0.3) is 0 Å². The van der Waals surface area contributed by atoms with Crippen molar-refractivity contribution in [2.24, 2.45) is 0 Å². The van der Waals surface area contributed by atoms with Gasteiger partial charge in [-0.25, -0.2) is 9.59 Å². The summed E-state index contributed by atoms with van der Waals surface area (Å²) in [4.78, 5) is 22.6. The van der Waals surface area contributed by atoms with Crippen molar-refractivity contribution in [3.05, 3.63) is 35.4 Å². The molecule has 1 aliphatic heterocycles. The quantitative estimate of drug-likeness (QED) is 0.772. The minimum atomic E-state index is -0.965. The Hall–Kier alpha value is -1.34. The second-order valence-corrected chi connectivity index (χ2v) is 7.19. The van der Waals surface area contributed by atoms with Crippen molar-refractivity contribution < 1.29 is 14.7 Å². The van der Waals surface area contributed by atoms with E-state index in [0.717, 1.165) is 17.1 Å². The molecule has 1 saturated heterocycles. The number of rotatable bonds is 5. The number of carbonyl (C=O) groups is 2. The average Bonchev–Trinajstić information content (AvgIpc) is 2.52. The molecule has 0 spiro atoms. The fourth-order valence-electron chi connectivity index (χ4n) is 1.92. The number of hydrogen-bond acceptors (Lipinski definition) is 4. The van der Waals surface area contributed by atoms with E-state index in [0.29, 0.717) is 18.3 Å². The van der Waals surface area contributed by atoms with Gasteiger partial charge in [-0.3, -0.25) is 0 Å². The number of urea groups is 1. The normalized spacial score (nSPS) is 18.0. The van der Waals surface area contributed by atoms with Gasteiger partial charge in [0.2, 0.25) is 0 Å². The molecule has 0 saturated carbocycles. The smallest absolute Gasteiger partial charge is 0.335 e. The first kappa shape index (κ1) is 16.0. The zero-order valence-electron chi connectivity index (χ0n) is 11.5. The third kappa shape index (κ3) is 5.51. The molecule has 1 fully saturated rings. The number of carboxylic acid groups (broad SMARTS) is 1. The Morgan fingerprint density at radius 1 is 1.29 bits per heavy atom. The molecule has 1 aliphatic rings. The molecule has 1 aromatic rings. The highest BCUT2D eigenvalue weighted by atomic mass is 32.2. The number of benzene rings is 1. The van der Waals surface area contributed by atoms with Crippen molar-refractivity contribution in [2.45, 2.75) is 11.8 Å². The van der Waals surface area contributed by atoms with Gasteiger partial charge >= 0.3 is 12.0 Å². The van der Waals surface area contributed by atoms with Crippen LogP contribution in [0.5, 0.6) is 0 Å². The number of aromatic carboxylic acids is 1. The molecule has 2 rings (SSSR count). The van der Waals surface area contributed by atoms with E-state index >= 15 is 0 Å².